The molecular weight excluding hydrogens is 498 g/mol. The lowest BCUT2D eigenvalue weighted by Crippen LogP contribution is -2.46. The second-order valence-electron chi connectivity index (χ2n) is 12.5. The standard InChI is InChI=1S/C35H71NO4/c1-3-5-7-9-11-13-15-17-18-20-22-24-26-28-32(38)30-35(40)36-33(31-37)34(39)29-27-25-23-21-19-16-14-12-10-8-6-4-2/h32-34,37-39H,3-31H2,1-2H3,(H,36,40). The maximum Gasteiger partial charge on any atom is 0.222 e. The number of aliphatic hydroxyl groups is 3. The van der Waals surface area contributed by atoms with Crippen LogP contribution in [0.5, 0.6) is 0 Å². The van der Waals surface area contributed by atoms with Gasteiger partial charge in [-0.05, 0) is 12.8 Å². The van der Waals surface area contributed by atoms with E-state index in [9.17, 15) is 20.1 Å². The van der Waals surface area contributed by atoms with E-state index in [-0.39, 0.29) is 18.9 Å². The van der Waals surface area contributed by atoms with Crippen LogP contribution >= 0.6 is 0 Å². The molecular formula is C35H71NO4. The van der Waals surface area contributed by atoms with Crippen LogP contribution in [0.2, 0.25) is 0 Å². The maximum atomic E-state index is 12.3. The zero-order valence-electron chi connectivity index (χ0n) is 27.0. The third kappa shape index (κ3) is 27.5. The number of rotatable bonds is 32. The van der Waals surface area contributed by atoms with Gasteiger partial charge < -0.3 is 20.6 Å². The molecule has 0 heterocycles. The van der Waals surface area contributed by atoms with Crippen molar-refractivity contribution in [2.24, 2.45) is 0 Å². The number of nitrogens with one attached hydrogen (secondary N) is 1. The molecule has 0 aromatic rings. The maximum absolute atomic E-state index is 12.3. The fraction of sp³-hybridized carbons (Fsp3) is 0.971. The molecule has 0 aromatic heterocycles. The molecule has 240 valence electrons. The Hall–Kier alpha value is -0.650. The highest BCUT2D eigenvalue weighted by molar-refractivity contribution is 5.76. The molecule has 0 aliphatic heterocycles. The molecule has 4 N–H and O–H groups in total. The number of amides is 1. The molecule has 3 atom stereocenters. The van der Waals surface area contributed by atoms with Crippen molar-refractivity contribution < 1.29 is 20.1 Å². The Morgan fingerprint density at radius 1 is 0.525 bits per heavy atom. The van der Waals surface area contributed by atoms with E-state index < -0.39 is 18.2 Å². The number of carbonyl (C=O) groups excluding carboxylic acids is 1. The first kappa shape index (κ1) is 39.4. The van der Waals surface area contributed by atoms with E-state index in [0.29, 0.717) is 12.8 Å². The van der Waals surface area contributed by atoms with E-state index in [4.69, 9.17) is 0 Å². The quantitative estimate of drug-likeness (QED) is 0.0608. The summed E-state index contributed by atoms with van der Waals surface area (Å²) in [5.74, 6) is -0.282. The number of hydrogen-bond donors (Lipinski definition) is 4. The first-order valence-corrected chi connectivity index (χ1v) is 17.8. The van der Waals surface area contributed by atoms with Crippen LogP contribution in [0.3, 0.4) is 0 Å². The van der Waals surface area contributed by atoms with Gasteiger partial charge in [0, 0.05) is 0 Å². The minimum Gasteiger partial charge on any atom is -0.394 e. The molecule has 0 rings (SSSR count). The van der Waals surface area contributed by atoms with Gasteiger partial charge in [0.05, 0.1) is 31.3 Å². The molecule has 0 saturated carbocycles. The van der Waals surface area contributed by atoms with E-state index in [2.05, 4.69) is 19.2 Å². The van der Waals surface area contributed by atoms with E-state index in [1.807, 2.05) is 0 Å². The van der Waals surface area contributed by atoms with Crippen molar-refractivity contribution in [2.75, 3.05) is 6.61 Å². The molecule has 0 aliphatic rings. The second-order valence-corrected chi connectivity index (χ2v) is 12.5. The lowest BCUT2D eigenvalue weighted by molar-refractivity contribution is -0.125. The summed E-state index contributed by atoms with van der Waals surface area (Å²) in [7, 11) is 0. The summed E-state index contributed by atoms with van der Waals surface area (Å²) in [6.07, 6.45) is 31.9. The first-order valence-electron chi connectivity index (χ1n) is 17.8. The van der Waals surface area contributed by atoms with Crippen molar-refractivity contribution in [2.45, 2.75) is 212 Å². The Balaban J connectivity index is 3.67. The summed E-state index contributed by atoms with van der Waals surface area (Å²) in [5.41, 5.74) is 0. The molecule has 0 spiro atoms. The van der Waals surface area contributed by atoms with Crippen LogP contribution in [0.4, 0.5) is 0 Å². The third-order valence-corrected chi connectivity index (χ3v) is 8.42. The number of hydrogen-bond acceptors (Lipinski definition) is 4. The lowest BCUT2D eigenvalue weighted by atomic mass is 10.0. The van der Waals surface area contributed by atoms with Crippen molar-refractivity contribution in [3.63, 3.8) is 0 Å². The summed E-state index contributed by atoms with van der Waals surface area (Å²) in [4.78, 5) is 12.3. The Labute approximate surface area is 249 Å². The van der Waals surface area contributed by atoms with Gasteiger partial charge in [-0.2, -0.15) is 0 Å². The van der Waals surface area contributed by atoms with Gasteiger partial charge in [-0.15, -0.1) is 0 Å². The molecule has 0 bridgehead atoms. The highest BCUT2D eigenvalue weighted by Gasteiger charge is 2.21. The Morgan fingerprint density at radius 2 is 0.850 bits per heavy atom. The summed E-state index contributed by atoms with van der Waals surface area (Å²) in [6, 6.07) is -0.649. The minimum atomic E-state index is -0.740. The molecule has 3 unspecified atom stereocenters. The topological polar surface area (TPSA) is 89.8 Å². The van der Waals surface area contributed by atoms with Crippen LogP contribution < -0.4 is 5.32 Å². The smallest absolute Gasteiger partial charge is 0.222 e. The largest absolute Gasteiger partial charge is 0.394 e. The lowest BCUT2D eigenvalue weighted by Gasteiger charge is -2.23. The van der Waals surface area contributed by atoms with E-state index in [1.165, 1.54) is 135 Å². The van der Waals surface area contributed by atoms with Gasteiger partial charge >= 0.3 is 0 Å². The van der Waals surface area contributed by atoms with E-state index in [1.54, 1.807) is 0 Å². The molecule has 0 aromatic carbocycles. The fourth-order valence-corrected chi connectivity index (χ4v) is 5.64. The van der Waals surface area contributed by atoms with Crippen LogP contribution in [-0.2, 0) is 4.79 Å². The first-order chi connectivity index (χ1) is 19.5. The molecule has 0 aliphatic carbocycles. The van der Waals surface area contributed by atoms with Gasteiger partial charge in [0.2, 0.25) is 5.91 Å². The van der Waals surface area contributed by atoms with Gasteiger partial charge in [0.15, 0.2) is 0 Å². The van der Waals surface area contributed by atoms with Gasteiger partial charge in [-0.25, -0.2) is 0 Å². The minimum absolute atomic E-state index is 0.0417. The van der Waals surface area contributed by atoms with Gasteiger partial charge in [-0.1, -0.05) is 174 Å². The van der Waals surface area contributed by atoms with Crippen LogP contribution in [0.1, 0.15) is 194 Å². The SMILES string of the molecule is CCCCCCCCCCCCCCCC(O)CC(=O)NC(CO)C(O)CCCCCCCCCCCCCC. The number of carbonyl (C=O) groups is 1. The molecule has 0 fully saturated rings. The van der Waals surface area contributed by atoms with Crippen molar-refractivity contribution >= 4 is 5.91 Å². The highest BCUT2D eigenvalue weighted by atomic mass is 16.3. The zero-order valence-corrected chi connectivity index (χ0v) is 27.0. The monoisotopic (exact) mass is 570 g/mol. The summed E-state index contributed by atoms with van der Waals surface area (Å²) >= 11 is 0. The van der Waals surface area contributed by atoms with E-state index in [0.717, 1.165) is 25.7 Å². The van der Waals surface area contributed by atoms with Crippen LogP contribution in [-0.4, -0.2) is 46.1 Å². The second kappa shape index (κ2) is 31.3. The predicted octanol–water partition coefficient (Wildman–Crippen LogP) is 9.15. The molecule has 5 nitrogen and oxygen atoms in total. The Morgan fingerprint density at radius 3 is 1.20 bits per heavy atom. The third-order valence-electron chi connectivity index (χ3n) is 8.42. The summed E-state index contributed by atoms with van der Waals surface area (Å²) in [5, 5.41) is 33.1. The molecule has 5 heteroatoms. The zero-order chi connectivity index (χ0) is 29.5. The summed E-state index contributed by atoms with van der Waals surface area (Å²) in [6.45, 7) is 4.24. The van der Waals surface area contributed by atoms with Crippen molar-refractivity contribution in [1.82, 2.24) is 5.32 Å². The van der Waals surface area contributed by atoms with Crippen LogP contribution in [0, 0.1) is 0 Å². The predicted molar refractivity (Wildman–Crippen MR) is 172 cm³/mol. The van der Waals surface area contributed by atoms with Gasteiger partial charge in [0.1, 0.15) is 0 Å². The van der Waals surface area contributed by atoms with Gasteiger partial charge in [0.25, 0.3) is 0 Å². The van der Waals surface area contributed by atoms with Crippen molar-refractivity contribution in [3.8, 4) is 0 Å². The van der Waals surface area contributed by atoms with Crippen LogP contribution in [0.25, 0.3) is 0 Å². The normalized spacial score (nSPS) is 13.8. The molecule has 1 amide bonds. The average Bonchev–Trinajstić information content (AvgIpc) is 2.94. The Kier molecular flexibility index (Phi) is 30.8. The number of unbranched alkanes of at least 4 members (excludes halogenated alkanes) is 23. The highest BCUT2D eigenvalue weighted by Crippen LogP contribution is 2.16. The average molecular weight is 570 g/mol. The van der Waals surface area contributed by atoms with E-state index >= 15 is 0 Å². The van der Waals surface area contributed by atoms with Crippen molar-refractivity contribution in [1.29, 1.82) is 0 Å². The van der Waals surface area contributed by atoms with Crippen molar-refractivity contribution in [3.05, 3.63) is 0 Å². The molecule has 40 heavy (non-hydrogen) atoms. The molecule has 0 radical (unpaired) electrons. The number of aliphatic hydroxyl groups excluding tert-OH is 3. The molecule has 0 saturated heterocycles. The fourth-order valence-electron chi connectivity index (χ4n) is 5.64. The van der Waals surface area contributed by atoms with Gasteiger partial charge in [-0.3, -0.25) is 4.79 Å². The van der Waals surface area contributed by atoms with Crippen LogP contribution in [0.15, 0.2) is 0 Å². The Bertz CT molecular complexity index is 516. The summed E-state index contributed by atoms with van der Waals surface area (Å²) < 4.78 is 0.